The lowest BCUT2D eigenvalue weighted by atomic mass is 10.1. The number of carbonyl (C=O) groups is 2. The molecule has 8 heteroatoms. The Morgan fingerprint density at radius 2 is 2.13 bits per heavy atom. The summed E-state index contributed by atoms with van der Waals surface area (Å²) >= 11 is 0. The van der Waals surface area contributed by atoms with E-state index in [1.807, 2.05) is 25.1 Å². The van der Waals surface area contributed by atoms with E-state index in [1.54, 1.807) is 35.0 Å². The molecule has 7 nitrogen and oxygen atoms in total. The van der Waals surface area contributed by atoms with E-state index in [0.29, 0.717) is 23.7 Å². The first-order valence-electron chi connectivity index (χ1n) is 9.95. The quantitative estimate of drug-likeness (QED) is 0.661. The van der Waals surface area contributed by atoms with Gasteiger partial charge in [-0.2, -0.15) is 5.10 Å². The Morgan fingerprint density at radius 1 is 1.29 bits per heavy atom. The summed E-state index contributed by atoms with van der Waals surface area (Å²) < 4.78 is 20.4. The van der Waals surface area contributed by atoms with Gasteiger partial charge in [-0.15, -0.1) is 0 Å². The predicted molar refractivity (Wildman–Crippen MR) is 115 cm³/mol. The van der Waals surface area contributed by atoms with Crippen molar-refractivity contribution in [2.75, 3.05) is 23.9 Å². The Morgan fingerprint density at radius 3 is 2.90 bits per heavy atom. The molecule has 1 unspecified atom stereocenters. The molecule has 31 heavy (non-hydrogen) atoms. The van der Waals surface area contributed by atoms with E-state index in [-0.39, 0.29) is 30.6 Å². The molecule has 2 aromatic carbocycles. The molecular weight excluding hydrogens is 399 g/mol. The van der Waals surface area contributed by atoms with Crippen molar-refractivity contribution in [1.29, 1.82) is 0 Å². The molecule has 0 bridgehead atoms. The number of nitrogens with one attached hydrogen (secondary N) is 1. The molecule has 4 rings (SSSR count). The zero-order chi connectivity index (χ0) is 22.0. The summed E-state index contributed by atoms with van der Waals surface area (Å²) in [5.74, 6) is -0.555. The minimum Gasteiger partial charge on any atom is -0.495 e. The normalized spacial score (nSPS) is 15.9. The van der Waals surface area contributed by atoms with Gasteiger partial charge in [0, 0.05) is 19.2 Å². The number of nitrogens with zero attached hydrogens (tertiary/aromatic N) is 3. The van der Waals surface area contributed by atoms with E-state index in [9.17, 15) is 14.0 Å². The first-order chi connectivity index (χ1) is 14.9. The highest BCUT2D eigenvalue weighted by molar-refractivity contribution is 6.04. The second-order valence-corrected chi connectivity index (χ2v) is 7.63. The van der Waals surface area contributed by atoms with Crippen LogP contribution in [0.3, 0.4) is 0 Å². The Hall–Kier alpha value is -3.68. The molecule has 1 saturated heterocycles. The molecule has 0 saturated carbocycles. The van der Waals surface area contributed by atoms with Crippen molar-refractivity contribution in [1.82, 2.24) is 9.78 Å². The lowest BCUT2D eigenvalue weighted by molar-refractivity contribution is -0.122. The SMILES string of the molecule is COc1ccc(C)cc1N1CC(C(=O)Nc2cnn(Cc3cccc(F)c3)c2)CC1=O. The Balaban J connectivity index is 1.41. The van der Waals surface area contributed by atoms with E-state index in [2.05, 4.69) is 10.4 Å². The molecule has 0 aliphatic carbocycles. The molecule has 1 atom stereocenters. The standard InChI is InChI=1S/C23H23FN4O3/c1-15-6-7-21(31-2)20(8-15)28-13-17(10-22(28)29)23(30)26-19-11-25-27(14-19)12-16-4-3-5-18(24)9-16/h3-9,11,14,17H,10,12-13H2,1-2H3,(H,26,30). The molecule has 3 aromatic rings. The average molecular weight is 422 g/mol. The number of anilines is 2. The van der Waals surface area contributed by atoms with Gasteiger partial charge in [0.15, 0.2) is 0 Å². The number of methoxy groups -OCH3 is 1. The van der Waals surface area contributed by atoms with Crippen LogP contribution in [0.1, 0.15) is 17.5 Å². The molecule has 0 radical (unpaired) electrons. The molecule has 2 heterocycles. The van der Waals surface area contributed by atoms with E-state index in [1.165, 1.54) is 18.3 Å². The molecular formula is C23H23FN4O3. The first kappa shape index (κ1) is 20.6. The first-order valence-corrected chi connectivity index (χ1v) is 9.95. The van der Waals surface area contributed by atoms with Gasteiger partial charge in [0.1, 0.15) is 11.6 Å². The smallest absolute Gasteiger partial charge is 0.229 e. The van der Waals surface area contributed by atoms with Crippen LogP contribution in [0.4, 0.5) is 15.8 Å². The van der Waals surface area contributed by atoms with Crippen LogP contribution in [0.5, 0.6) is 5.75 Å². The van der Waals surface area contributed by atoms with E-state index < -0.39 is 5.92 Å². The fourth-order valence-corrected chi connectivity index (χ4v) is 3.71. The number of aryl methyl sites for hydroxylation is 1. The minimum absolute atomic E-state index is 0.120. The van der Waals surface area contributed by atoms with Crippen molar-refractivity contribution >= 4 is 23.2 Å². The molecule has 1 aliphatic rings. The van der Waals surface area contributed by atoms with E-state index in [0.717, 1.165) is 11.1 Å². The number of carbonyl (C=O) groups excluding carboxylic acids is 2. The highest BCUT2D eigenvalue weighted by atomic mass is 19.1. The number of amides is 2. The van der Waals surface area contributed by atoms with Crippen LogP contribution in [0, 0.1) is 18.7 Å². The third-order valence-electron chi connectivity index (χ3n) is 5.26. The maximum atomic E-state index is 13.3. The summed E-state index contributed by atoms with van der Waals surface area (Å²) in [6, 6.07) is 11.9. The van der Waals surface area contributed by atoms with Crippen molar-refractivity contribution in [3.63, 3.8) is 0 Å². The van der Waals surface area contributed by atoms with Crippen molar-refractivity contribution in [2.24, 2.45) is 5.92 Å². The van der Waals surface area contributed by atoms with Crippen molar-refractivity contribution < 1.29 is 18.7 Å². The highest BCUT2D eigenvalue weighted by Crippen LogP contribution is 2.34. The topological polar surface area (TPSA) is 76.5 Å². The monoisotopic (exact) mass is 422 g/mol. The molecule has 1 N–H and O–H groups in total. The molecule has 1 fully saturated rings. The average Bonchev–Trinajstić information content (AvgIpc) is 3.34. The zero-order valence-corrected chi connectivity index (χ0v) is 17.3. The van der Waals surface area contributed by atoms with Gasteiger partial charge in [0.25, 0.3) is 0 Å². The van der Waals surface area contributed by atoms with Crippen LogP contribution >= 0.6 is 0 Å². The molecule has 1 aliphatic heterocycles. The van der Waals surface area contributed by atoms with Gasteiger partial charge in [-0.3, -0.25) is 14.3 Å². The maximum absolute atomic E-state index is 13.3. The van der Waals surface area contributed by atoms with Crippen LogP contribution in [0.2, 0.25) is 0 Å². The van der Waals surface area contributed by atoms with Crippen LogP contribution in [0.25, 0.3) is 0 Å². The number of aromatic nitrogens is 2. The summed E-state index contributed by atoms with van der Waals surface area (Å²) in [5.41, 5.74) is 2.97. The van der Waals surface area contributed by atoms with Gasteiger partial charge < -0.3 is 15.0 Å². The van der Waals surface area contributed by atoms with Gasteiger partial charge in [-0.05, 0) is 42.3 Å². The van der Waals surface area contributed by atoms with Gasteiger partial charge in [-0.1, -0.05) is 18.2 Å². The minimum atomic E-state index is -0.482. The highest BCUT2D eigenvalue weighted by Gasteiger charge is 2.36. The third kappa shape index (κ3) is 4.58. The lowest BCUT2D eigenvalue weighted by Gasteiger charge is -2.20. The van der Waals surface area contributed by atoms with Crippen LogP contribution in [0.15, 0.2) is 54.9 Å². The number of benzene rings is 2. The van der Waals surface area contributed by atoms with Crippen molar-refractivity contribution in [2.45, 2.75) is 19.9 Å². The Bertz CT molecular complexity index is 1130. The maximum Gasteiger partial charge on any atom is 0.229 e. The van der Waals surface area contributed by atoms with Crippen LogP contribution < -0.4 is 15.0 Å². The Kier molecular flexibility index (Phi) is 5.70. The van der Waals surface area contributed by atoms with Crippen LogP contribution in [-0.2, 0) is 16.1 Å². The molecule has 2 amide bonds. The van der Waals surface area contributed by atoms with E-state index in [4.69, 9.17) is 4.74 Å². The number of ether oxygens (including phenoxy) is 1. The van der Waals surface area contributed by atoms with E-state index >= 15 is 0 Å². The third-order valence-corrected chi connectivity index (χ3v) is 5.26. The second kappa shape index (κ2) is 8.59. The fraction of sp³-hybridized carbons (Fsp3) is 0.261. The number of rotatable bonds is 6. The van der Waals surface area contributed by atoms with Gasteiger partial charge in [-0.25, -0.2) is 4.39 Å². The molecule has 0 spiro atoms. The summed E-state index contributed by atoms with van der Waals surface area (Å²) in [6.45, 7) is 2.60. The molecule has 160 valence electrons. The predicted octanol–water partition coefficient (Wildman–Crippen LogP) is 3.38. The summed E-state index contributed by atoms with van der Waals surface area (Å²) in [6.07, 6.45) is 3.34. The summed E-state index contributed by atoms with van der Waals surface area (Å²) in [4.78, 5) is 27.0. The van der Waals surface area contributed by atoms with Gasteiger partial charge in [0.2, 0.25) is 11.8 Å². The van der Waals surface area contributed by atoms with Gasteiger partial charge >= 0.3 is 0 Å². The molecule has 1 aromatic heterocycles. The lowest BCUT2D eigenvalue weighted by Crippen LogP contribution is -2.28. The zero-order valence-electron chi connectivity index (χ0n) is 17.3. The van der Waals surface area contributed by atoms with Crippen molar-refractivity contribution in [3.05, 3.63) is 71.8 Å². The van der Waals surface area contributed by atoms with Gasteiger partial charge in [0.05, 0.1) is 37.1 Å². The second-order valence-electron chi connectivity index (χ2n) is 7.63. The van der Waals surface area contributed by atoms with Crippen molar-refractivity contribution in [3.8, 4) is 5.75 Å². The summed E-state index contributed by atoms with van der Waals surface area (Å²) in [7, 11) is 1.56. The van der Waals surface area contributed by atoms with Crippen LogP contribution in [-0.4, -0.2) is 35.2 Å². The number of halogens is 1. The number of hydrogen-bond acceptors (Lipinski definition) is 4. The number of hydrogen-bond donors (Lipinski definition) is 1. The Labute approximate surface area is 179 Å². The fourth-order valence-electron chi connectivity index (χ4n) is 3.71. The largest absolute Gasteiger partial charge is 0.495 e. The summed E-state index contributed by atoms with van der Waals surface area (Å²) in [5, 5.41) is 7.04.